The third kappa shape index (κ3) is 2.14. The standard InChI is InChI=1S/C16H17FN4/c1-11-14-6-12(17)2-3-15(14)19-16(11)9-20-4-5-21-10-18-7-13(21)8-20/h2-3,6-7,10,19H,4-5,8-9H2,1H3. The zero-order valence-corrected chi connectivity index (χ0v) is 11.9. The molecule has 3 heterocycles. The number of H-pyrrole nitrogens is 1. The first kappa shape index (κ1) is 12.6. The van der Waals surface area contributed by atoms with Gasteiger partial charge in [-0.25, -0.2) is 9.37 Å². The van der Waals surface area contributed by atoms with Crippen molar-refractivity contribution in [2.24, 2.45) is 0 Å². The van der Waals surface area contributed by atoms with E-state index in [1.54, 1.807) is 6.07 Å². The van der Waals surface area contributed by atoms with E-state index in [0.29, 0.717) is 0 Å². The van der Waals surface area contributed by atoms with Crippen LogP contribution >= 0.6 is 0 Å². The molecule has 1 N–H and O–H groups in total. The van der Waals surface area contributed by atoms with E-state index < -0.39 is 0 Å². The van der Waals surface area contributed by atoms with Crippen molar-refractivity contribution >= 4 is 10.9 Å². The average Bonchev–Trinajstić information content (AvgIpc) is 3.05. The molecule has 108 valence electrons. The lowest BCUT2D eigenvalue weighted by molar-refractivity contribution is 0.211. The van der Waals surface area contributed by atoms with E-state index in [9.17, 15) is 4.39 Å². The number of rotatable bonds is 2. The van der Waals surface area contributed by atoms with E-state index in [-0.39, 0.29) is 5.82 Å². The molecular weight excluding hydrogens is 267 g/mol. The van der Waals surface area contributed by atoms with Gasteiger partial charge in [-0.2, -0.15) is 0 Å². The number of nitrogens with one attached hydrogen (secondary N) is 1. The second-order valence-electron chi connectivity index (χ2n) is 5.71. The Morgan fingerprint density at radius 1 is 1.33 bits per heavy atom. The highest BCUT2D eigenvalue weighted by molar-refractivity contribution is 5.84. The van der Waals surface area contributed by atoms with Crippen LogP contribution in [0.1, 0.15) is 17.0 Å². The quantitative estimate of drug-likeness (QED) is 0.785. The number of halogens is 1. The Bertz CT molecular complexity index is 802. The fourth-order valence-electron chi connectivity index (χ4n) is 3.11. The molecule has 4 nitrogen and oxygen atoms in total. The number of fused-ring (bicyclic) bond motifs is 2. The molecule has 4 rings (SSSR count). The number of benzene rings is 1. The summed E-state index contributed by atoms with van der Waals surface area (Å²) in [6.07, 6.45) is 3.82. The van der Waals surface area contributed by atoms with Crippen molar-refractivity contribution in [2.75, 3.05) is 6.54 Å². The molecule has 0 spiro atoms. The highest BCUT2D eigenvalue weighted by Gasteiger charge is 2.18. The Kier molecular flexibility index (Phi) is 2.82. The van der Waals surface area contributed by atoms with Crippen molar-refractivity contribution in [1.29, 1.82) is 0 Å². The van der Waals surface area contributed by atoms with E-state index in [1.807, 2.05) is 18.6 Å². The monoisotopic (exact) mass is 284 g/mol. The van der Waals surface area contributed by atoms with Gasteiger partial charge in [-0.05, 0) is 30.7 Å². The second-order valence-corrected chi connectivity index (χ2v) is 5.71. The summed E-state index contributed by atoms with van der Waals surface area (Å²) in [4.78, 5) is 10.0. The van der Waals surface area contributed by atoms with Crippen LogP contribution in [0.2, 0.25) is 0 Å². The van der Waals surface area contributed by atoms with E-state index in [2.05, 4.69) is 26.4 Å². The third-order valence-corrected chi connectivity index (χ3v) is 4.35. The van der Waals surface area contributed by atoms with E-state index in [0.717, 1.165) is 42.6 Å². The van der Waals surface area contributed by atoms with E-state index in [1.165, 1.54) is 17.5 Å². The van der Waals surface area contributed by atoms with Crippen LogP contribution in [0.15, 0.2) is 30.7 Å². The van der Waals surface area contributed by atoms with E-state index >= 15 is 0 Å². The van der Waals surface area contributed by atoms with Crippen molar-refractivity contribution in [2.45, 2.75) is 26.6 Å². The van der Waals surface area contributed by atoms with Crippen molar-refractivity contribution in [3.8, 4) is 0 Å². The molecule has 0 aliphatic carbocycles. The topological polar surface area (TPSA) is 36.9 Å². The van der Waals surface area contributed by atoms with Gasteiger partial charge in [-0.3, -0.25) is 4.90 Å². The highest BCUT2D eigenvalue weighted by atomic mass is 19.1. The van der Waals surface area contributed by atoms with E-state index in [4.69, 9.17) is 0 Å². The molecule has 1 aromatic carbocycles. The number of aromatic nitrogens is 3. The molecule has 21 heavy (non-hydrogen) atoms. The van der Waals surface area contributed by atoms with Crippen molar-refractivity contribution < 1.29 is 4.39 Å². The van der Waals surface area contributed by atoms with Crippen LogP contribution in [0.25, 0.3) is 10.9 Å². The minimum Gasteiger partial charge on any atom is -0.357 e. The zero-order chi connectivity index (χ0) is 14.4. The van der Waals surface area contributed by atoms with Crippen LogP contribution in [0, 0.1) is 12.7 Å². The van der Waals surface area contributed by atoms with Gasteiger partial charge in [0.25, 0.3) is 0 Å². The largest absolute Gasteiger partial charge is 0.357 e. The molecule has 5 heteroatoms. The molecule has 0 radical (unpaired) electrons. The predicted octanol–water partition coefficient (Wildman–Crippen LogP) is 2.83. The number of hydrogen-bond acceptors (Lipinski definition) is 2. The second kappa shape index (κ2) is 4.70. The average molecular weight is 284 g/mol. The van der Waals surface area contributed by atoms with Crippen LogP contribution in [0.4, 0.5) is 4.39 Å². The molecule has 0 fully saturated rings. The summed E-state index contributed by atoms with van der Waals surface area (Å²) in [5, 5.41) is 0.979. The van der Waals surface area contributed by atoms with Gasteiger partial charge in [-0.1, -0.05) is 0 Å². The molecule has 0 saturated carbocycles. The van der Waals surface area contributed by atoms with Gasteiger partial charge in [0.05, 0.1) is 12.0 Å². The Labute approximate surface area is 122 Å². The van der Waals surface area contributed by atoms with Crippen LogP contribution in [0.3, 0.4) is 0 Å². The number of nitrogens with zero attached hydrogens (tertiary/aromatic N) is 3. The molecule has 0 atom stereocenters. The van der Waals surface area contributed by atoms with Crippen LogP contribution in [-0.4, -0.2) is 26.0 Å². The molecule has 1 aliphatic rings. The van der Waals surface area contributed by atoms with Crippen LogP contribution in [-0.2, 0) is 19.6 Å². The molecule has 1 aliphatic heterocycles. The van der Waals surface area contributed by atoms with Gasteiger partial charge in [0.1, 0.15) is 5.82 Å². The maximum atomic E-state index is 13.4. The smallest absolute Gasteiger partial charge is 0.123 e. The summed E-state index contributed by atoms with van der Waals surface area (Å²) >= 11 is 0. The summed E-state index contributed by atoms with van der Waals surface area (Å²) in [5.74, 6) is -0.182. The summed E-state index contributed by atoms with van der Waals surface area (Å²) in [6, 6.07) is 4.92. The Balaban J connectivity index is 1.62. The molecule has 0 saturated heterocycles. The highest BCUT2D eigenvalue weighted by Crippen LogP contribution is 2.24. The first-order valence-corrected chi connectivity index (χ1v) is 7.19. The fourth-order valence-corrected chi connectivity index (χ4v) is 3.11. The van der Waals surface area contributed by atoms with Gasteiger partial charge < -0.3 is 9.55 Å². The minimum atomic E-state index is -0.182. The molecule has 0 unspecified atom stereocenters. The fraction of sp³-hybridized carbons (Fsp3) is 0.312. The summed E-state index contributed by atoms with van der Waals surface area (Å²) in [7, 11) is 0. The minimum absolute atomic E-state index is 0.182. The maximum Gasteiger partial charge on any atom is 0.123 e. The van der Waals surface area contributed by atoms with Crippen molar-refractivity contribution in [3.63, 3.8) is 0 Å². The number of imidazole rings is 1. The first-order chi connectivity index (χ1) is 10.2. The zero-order valence-electron chi connectivity index (χ0n) is 11.9. The van der Waals surface area contributed by atoms with Crippen molar-refractivity contribution in [3.05, 3.63) is 53.5 Å². The lowest BCUT2D eigenvalue weighted by Crippen LogP contribution is -2.32. The van der Waals surface area contributed by atoms with Gasteiger partial charge >= 0.3 is 0 Å². The van der Waals surface area contributed by atoms with Crippen LogP contribution < -0.4 is 0 Å². The molecule has 3 aromatic rings. The Morgan fingerprint density at radius 3 is 3.14 bits per heavy atom. The molecule has 2 aromatic heterocycles. The SMILES string of the molecule is Cc1c(CN2CCn3cncc3C2)[nH]c2ccc(F)cc12. The predicted molar refractivity (Wildman–Crippen MR) is 79.3 cm³/mol. The summed E-state index contributed by atoms with van der Waals surface area (Å²) < 4.78 is 15.6. The van der Waals surface area contributed by atoms with Gasteiger partial charge in [0.15, 0.2) is 0 Å². The molecule has 0 amide bonds. The van der Waals surface area contributed by atoms with Crippen molar-refractivity contribution in [1.82, 2.24) is 19.4 Å². The van der Waals surface area contributed by atoms with Gasteiger partial charge in [0, 0.05) is 49.0 Å². The Morgan fingerprint density at radius 2 is 2.24 bits per heavy atom. The first-order valence-electron chi connectivity index (χ1n) is 7.19. The summed E-state index contributed by atoms with van der Waals surface area (Å²) in [5.41, 5.74) is 4.57. The molecular formula is C16H17FN4. The number of aromatic amines is 1. The van der Waals surface area contributed by atoms with Gasteiger partial charge in [-0.15, -0.1) is 0 Å². The summed E-state index contributed by atoms with van der Waals surface area (Å²) in [6.45, 7) is 5.80. The third-order valence-electron chi connectivity index (χ3n) is 4.35. The molecule has 0 bridgehead atoms. The van der Waals surface area contributed by atoms with Gasteiger partial charge in [0.2, 0.25) is 0 Å². The lowest BCUT2D eigenvalue weighted by atomic mass is 10.1. The lowest BCUT2D eigenvalue weighted by Gasteiger charge is -2.27. The van der Waals surface area contributed by atoms with Crippen LogP contribution in [0.5, 0.6) is 0 Å². The number of hydrogen-bond donors (Lipinski definition) is 1. The maximum absolute atomic E-state index is 13.4. The Hall–Kier alpha value is -2.14. The normalized spacial score (nSPS) is 15.5. The number of aryl methyl sites for hydroxylation is 1.